The highest BCUT2D eigenvalue weighted by molar-refractivity contribution is 5.70. The van der Waals surface area contributed by atoms with Gasteiger partial charge in [0, 0.05) is 24.9 Å². The molecule has 1 aliphatic rings. The van der Waals surface area contributed by atoms with Gasteiger partial charge in [-0.1, -0.05) is 24.6 Å². The third-order valence-corrected chi connectivity index (χ3v) is 6.49. The molecular formula is C26H33N5O3. The molecule has 0 aromatic carbocycles. The highest BCUT2D eigenvalue weighted by atomic mass is 16.5. The summed E-state index contributed by atoms with van der Waals surface area (Å²) < 4.78 is 7.94. The highest BCUT2D eigenvalue weighted by Gasteiger charge is 2.28. The third-order valence-electron chi connectivity index (χ3n) is 6.49. The summed E-state index contributed by atoms with van der Waals surface area (Å²) in [7, 11) is 1.89. The fourth-order valence-electron chi connectivity index (χ4n) is 4.53. The van der Waals surface area contributed by atoms with Crippen LogP contribution in [0.3, 0.4) is 0 Å². The van der Waals surface area contributed by atoms with Crippen LogP contribution in [-0.2, 0) is 24.7 Å². The van der Waals surface area contributed by atoms with E-state index in [0.717, 1.165) is 72.7 Å². The van der Waals surface area contributed by atoms with Crippen molar-refractivity contribution in [3.8, 4) is 17.1 Å². The zero-order valence-corrected chi connectivity index (χ0v) is 20.2. The first-order chi connectivity index (χ1) is 16.4. The molecule has 180 valence electrons. The minimum atomic E-state index is -0.737. The zero-order valence-electron chi connectivity index (χ0n) is 20.2. The van der Waals surface area contributed by atoms with Gasteiger partial charge in [-0.3, -0.25) is 14.5 Å². The van der Waals surface area contributed by atoms with E-state index in [2.05, 4.69) is 29.4 Å². The average Bonchev–Trinajstić information content (AvgIpc) is 3.19. The van der Waals surface area contributed by atoms with Crippen LogP contribution in [0.15, 0.2) is 30.3 Å². The smallest absolute Gasteiger partial charge is 0.306 e. The summed E-state index contributed by atoms with van der Waals surface area (Å²) in [5.74, 6) is -0.378. The van der Waals surface area contributed by atoms with E-state index in [0.29, 0.717) is 18.6 Å². The summed E-state index contributed by atoms with van der Waals surface area (Å²) in [5.41, 5.74) is 5.29. The number of unbranched alkanes of at least 4 members (excludes halogenated alkanes) is 1. The maximum Gasteiger partial charge on any atom is 0.306 e. The van der Waals surface area contributed by atoms with Gasteiger partial charge in [-0.2, -0.15) is 0 Å². The van der Waals surface area contributed by atoms with Gasteiger partial charge in [0.2, 0.25) is 0 Å². The Hall–Kier alpha value is -3.29. The van der Waals surface area contributed by atoms with Crippen molar-refractivity contribution in [3.63, 3.8) is 0 Å². The first-order valence-electron chi connectivity index (χ1n) is 12.2. The van der Waals surface area contributed by atoms with Gasteiger partial charge in [-0.05, 0) is 69.7 Å². The van der Waals surface area contributed by atoms with Crippen molar-refractivity contribution in [1.82, 2.24) is 25.0 Å². The number of aromatic nitrogens is 5. The lowest BCUT2D eigenvalue weighted by Crippen LogP contribution is -2.29. The fraction of sp³-hybridized carbons (Fsp3) is 0.500. The summed E-state index contributed by atoms with van der Waals surface area (Å²) in [4.78, 5) is 20.9. The zero-order chi connectivity index (χ0) is 24.1. The van der Waals surface area contributed by atoms with Crippen molar-refractivity contribution in [2.24, 2.45) is 13.0 Å². The Bertz CT molecular complexity index is 1140. The predicted molar refractivity (Wildman–Crippen MR) is 129 cm³/mol. The largest absolute Gasteiger partial charge is 0.489 e. The SMILES string of the molecule is CCCCc1cccc(Cc2c(-c3ccc(O[C@H]4CCC[C@H](C(=O)O)C4)c(C)n3)nnn2C)n1. The number of aryl methyl sites for hydroxylation is 3. The molecule has 3 aromatic rings. The molecular weight excluding hydrogens is 430 g/mol. The summed E-state index contributed by atoms with van der Waals surface area (Å²) >= 11 is 0. The van der Waals surface area contributed by atoms with Gasteiger partial charge in [-0.15, -0.1) is 5.10 Å². The molecule has 1 aliphatic carbocycles. The number of hydrogen-bond donors (Lipinski definition) is 1. The average molecular weight is 464 g/mol. The van der Waals surface area contributed by atoms with Crippen molar-refractivity contribution in [2.75, 3.05) is 0 Å². The Morgan fingerprint density at radius 1 is 1.18 bits per heavy atom. The molecule has 0 saturated heterocycles. The van der Waals surface area contributed by atoms with Gasteiger partial charge in [-0.25, -0.2) is 4.98 Å². The Balaban J connectivity index is 1.51. The van der Waals surface area contributed by atoms with Crippen molar-refractivity contribution in [2.45, 2.75) is 71.3 Å². The van der Waals surface area contributed by atoms with Gasteiger partial charge in [0.1, 0.15) is 11.4 Å². The Morgan fingerprint density at radius 2 is 2.00 bits per heavy atom. The van der Waals surface area contributed by atoms with Crippen LogP contribution in [0.1, 0.15) is 68.2 Å². The van der Waals surface area contributed by atoms with Crippen molar-refractivity contribution >= 4 is 5.97 Å². The van der Waals surface area contributed by atoms with E-state index in [4.69, 9.17) is 14.7 Å². The molecule has 0 amide bonds. The van der Waals surface area contributed by atoms with Crippen LogP contribution in [0.25, 0.3) is 11.4 Å². The molecule has 0 bridgehead atoms. The lowest BCUT2D eigenvalue weighted by Gasteiger charge is -2.27. The molecule has 8 heteroatoms. The van der Waals surface area contributed by atoms with Crippen LogP contribution >= 0.6 is 0 Å². The molecule has 1 N–H and O–H groups in total. The molecule has 0 unspecified atom stereocenters. The Morgan fingerprint density at radius 3 is 2.76 bits per heavy atom. The highest BCUT2D eigenvalue weighted by Crippen LogP contribution is 2.30. The molecule has 8 nitrogen and oxygen atoms in total. The summed E-state index contributed by atoms with van der Waals surface area (Å²) in [6.07, 6.45) is 6.77. The van der Waals surface area contributed by atoms with Crippen molar-refractivity contribution < 1.29 is 14.6 Å². The lowest BCUT2D eigenvalue weighted by molar-refractivity contribution is -0.143. The molecule has 4 rings (SSSR count). The first-order valence-corrected chi connectivity index (χ1v) is 12.2. The standard InChI is InChI=1S/C26H33N5O3/c1-4-5-9-19-10-7-11-20(28-19)16-23-25(29-30-31(23)3)22-13-14-24(17(2)27-22)34-21-12-6-8-18(15-21)26(32)33/h7,10-11,13-14,18,21H,4-6,8-9,12,15-16H2,1-3H3,(H,32,33)/t18-,21-/m0/s1. The maximum absolute atomic E-state index is 11.4. The van der Waals surface area contributed by atoms with Crippen LogP contribution in [0.2, 0.25) is 0 Å². The second-order valence-corrected chi connectivity index (χ2v) is 9.13. The first kappa shape index (κ1) is 23.9. The van der Waals surface area contributed by atoms with E-state index >= 15 is 0 Å². The quantitative estimate of drug-likeness (QED) is 0.497. The molecule has 1 saturated carbocycles. The number of hydrogen-bond acceptors (Lipinski definition) is 6. The molecule has 0 spiro atoms. The summed E-state index contributed by atoms with van der Waals surface area (Å²) in [5, 5.41) is 18.0. The fourth-order valence-corrected chi connectivity index (χ4v) is 4.53. The second-order valence-electron chi connectivity index (χ2n) is 9.13. The van der Waals surface area contributed by atoms with Gasteiger partial charge in [0.25, 0.3) is 0 Å². The Kier molecular flexibility index (Phi) is 7.55. The van der Waals surface area contributed by atoms with Crippen molar-refractivity contribution in [3.05, 3.63) is 53.1 Å². The van der Waals surface area contributed by atoms with E-state index in [9.17, 15) is 9.90 Å². The Labute approximate surface area is 200 Å². The summed E-state index contributed by atoms with van der Waals surface area (Å²) in [6, 6.07) is 9.99. The number of rotatable bonds is 9. The number of ether oxygens (including phenoxy) is 1. The van der Waals surface area contributed by atoms with Gasteiger partial charge >= 0.3 is 5.97 Å². The maximum atomic E-state index is 11.4. The van der Waals surface area contributed by atoms with Gasteiger partial charge in [0.15, 0.2) is 0 Å². The van der Waals surface area contributed by atoms with Crippen LogP contribution in [0.5, 0.6) is 5.75 Å². The minimum Gasteiger partial charge on any atom is -0.489 e. The van der Waals surface area contributed by atoms with Crippen LogP contribution in [0.4, 0.5) is 0 Å². The van der Waals surface area contributed by atoms with E-state index in [1.165, 1.54) is 0 Å². The van der Waals surface area contributed by atoms with Crippen LogP contribution in [0, 0.1) is 12.8 Å². The van der Waals surface area contributed by atoms with E-state index in [1.807, 2.05) is 32.2 Å². The third kappa shape index (κ3) is 5.61. The number of carboxylic acids is 1. The normalized spacial score (nSPS) is 18.1. The molecule has 3 heterocycles. The van der Waals surface area contributed by atoms with Gasteiger partial charge < -0.3 is 9.84 Å². The van der Waals surface area contributed by atoms with Gasteiger partial charge in [0.05, 0.1) is 29.1 Å². The molecule has 2 atom stereocenters. The molecule has 3 aromatic heterocycles. The monoisotopic (exact) mass is 463 g/mol. The molecule has 34 heavy (non-hydrogen) atoms. The number of carboxylic acid groups (broad SMARTS) is 1. The number of pyridine rings is 2. The van der Waals surface area contributed by atoms with Crippen LogP contribution in [-0.4, -0.2) is 42.1 Å². The van der Waals surface area contributed by atoms with Crippen LogP contribution < -0.4 is 4.74 Å². The van der Waals surface area contributed by atoms with E-state index in [-0.39, 0.29) is 12.0 Å². The second kappa shape index (κ2) is 10.8. The van der Waals surface area contributed by atoms with E-state index < -0.39 is 5.97 Å². The molecule has 0 radical (unpaired) electrons. The van der Waals surface area contributed by atoms with Crippen molar-refractivity contribution in [1.29, 1.82) is 0 Å². The van der Waals surface area contributed by atoms with E-state index in [1.54, 1.807) is 4.68 Å². The molecule has 1 fully saturated rings. The topological polar surface area (TPSA) is 103 Å². The summed E-state index contributed by atoms with van der Waals surface area (Å²) in [6.45, 7) is 4.09. The number of nitrogens with zero attached hydrogens (tertiary/aromatic N) is 5. The minimum absolute atomic E-state index is 0.0978. The molecule has 0 aliphatic heterocycles. The number of aliphatic carboxylic acids is 1. The number of carbonyl (C=O) groups is 1. The predicted octanol–water partition coefficient (Wildman–Crippen LogP) is 4.54. The lowest BCUT2D eigenvalue weighted by atomic mass is 9.87.